The van der Waals surface area contributed by atoms with Crippen LogP contribution < -0.4 is 5.32 Å². The van der Waals surface area contributed by atoms with Crippen LogP contribution in [0.1, 0.15) is 30.3 Å². The van der Waals surface area contributed by atoms with Crippen LogP contribution >= 0.6 is 0 Å². The summed E-state index contributed by atoms with van der Waals surface area (Å²) in [6.45, 7) is 3.06. The van der Waals surface area contributed by atoms with Gasteiger partial charge in [0.1, 0.15) is 5.82 Å². The van der Waals surface area contributed by atoms with Crippen LogP contribution in [0.2, 0.25) is 0 Å². The molecule has 0 aliphatic carbocycles. The van der Waals surface area contributed by atoms with E-state index in [0.717, 1.165) is 13.0 Å². The van der Waals surface area contributed by atoms with Crippen molar-refractivity contribution in [3.05, 3.63) is 42.0 Å². The van der Waals surface area contributed by atoms with E-state index in [4.69, 9.17) is 0 Å². The number of aromatic nitrogens is 3. The molecule has 8 heteroatoms. The lowest BCUT2D eigenvalue weighted by Gasteiger charge is -2.21. The summed E-state index contributed by atoms with van der Waals surface area (Å²) in [4.78, 5) is 25.6. The number of benzene rings is 1. The van der Waals surface area contributed by atoms with Crippen molar-refractivity contribution in [1.82, 2.24) is 25.2 Å². The minimum absolute atomic E-state index is 0.123. The number of amides is 2. The van der Waals surface area contributed by atoms with Crippen molar-refractivity contribution in [2.24, 2.45) is 0 Å². The SMILES string of the molecule is CC(CN1CCCC1=O)NC(=O)c1cn(-c2ccc(F)cc2)nn1. The van der Waals surface area contributed by atoms with E-state index in [-0.39, 0.29) is 29.4 Å². The Labute approximate surface area is 138 Å². The van der Waals surface area contributed by atoms with Gasteiger partial charge in [-0.2, -0.15) is 0 Å². The molecule has 0 saturated carbocycles. The molecule has 7 nitrogen and oxygen atoms in total. The summed E-state index contributed by atoms with van der Waals surface area (Å²) in [7, 11) is 0. The van der Waals surface area contributed by atoms with Crippen LogP contribution in [0.15, 0.2) is 30.5 Å². The molecule has 1 aromatic heterocycles. The average molecular weight is 331 g/mol. The highest BCUT2D eigenvalue weighted by Gasteiger charge is 2.23. The van der Waals surface area contributed by atoms with Crippen LogP contribution in [0.3, 0.4) is 0 Å². The van der Waals surface area contributed by atoms with Gasteiger partial charge in [0.25, 0.3) is 5.91 Å². The molecule has 1 aliphatic heterocycles. The fraction of sp³-hybridized carbons (Fsp3) is 0.375. The second-order valence-corrected chi connectivity index (χ2v) is 5.84. The highest BCUT2D eigenvalue weighted by molar-refractivity contribution is 5.92. The van der Waals surface area contributed by atoms with E-state index >= 15 is 0 Å². The Hall–Kier alpha value is -2.77. The fourth-order valence-corrected chi connectivity index (χ4v) is 2.66. The summed E-state index contributed by atoms with van der Waals surface area (Å²) < 4.78 is 14.3. The van der Waals surface area contributed by atoms with Crippen molar-refractivity contribution < 1.29 is 14.0 Å². The summed E-state index contributed by atoms with van der Waals surface area (Å²) in [5, 5.41) is 10.5. The second-order valence-electron chi connectivity index (χ2n) is 5.84. The number of likely N-dealkylation sites (tertiary alicyclic amines) is 1. The van der Waals surface area contributed by atoms with Gasteiger partial charge >= 0.3 is 0 Å². The molecule has 1 fully saturated rings. The lowest BCUT2D eigenvalue weighted by molar-refractivity contribution is -0.127. The van der Waals surface area contributed by atoms with Crippen molar-refractivity contribution in [3.63, 3.8) is 0 Å². The van der Waals surface area contributed by atoms with Crippen LogP contribution in [-0.4, -0.2) is 50.8 Å². The molecule has 1 atom stereocenters. The van der Waals surface area contributed by atoms with E-state index in [1.807, 2.05) is 6.92 Å². The van der Waals surface area contributed by atoms with Gasteiger partial charge in [-0.05, 0) is 37.6 Å². The largest absolute Gasteiger partial charge is 0.346 e. The molecule has 2 amide bonds. The molecule has 1 unspecified atom stereocenters. The number of nitrogens with zero attached hydrogens (tertiary/aromatic N) is 4. The third-order valence-corrected chi connectivity index (χ3v) is 3.86. The first-order valence-corrected chi connectivity index (χ1v) is 7.80. The van der Waals surface area contributed by atoms with E-state index in [1.54, 1.807) is 17.0 Å². The molecule has 1 saturated heterocycles. The Morgan fingerprint density at radius 1 is 1.38 bits per heavy atom. The van der Waals surface area contributed by atoms with E-state index in [0.29, 0.717) is 18.7 Å². The van der Waals surface area contributed by atoms with Gasteiger partial charge in [0, 0.05) is 25.6 Å². The Kier molecular flexibility index (Phi) is 4.54. The van der Waals surface area contributed by atoms with E-state index < -0.39 is 0 Å². The zero-order valence-corrected chi connectivity index (χ0v) is 13.3. The summed E-state index contributed by atoms with van der Waals surface area (Å²) in [6, 6.07) is 5.54. The third kappa shape index (κ3) is 3.58. The van der Waals surface area contributed by atoms with Crippen LogP contribution in [0.4, 0.5) is 4.39 Å². The van der Waals surface area contributed by atoms with Gasteiger partial charge in [0.05, 0.1) is 11.9 Å². The van der Waals surface area contributed by atoms with E-state index in [2.05, 4.69) is 15.6 Å². The predicted octanol–water partition coefficient (Wildman–Crippen LogP) is 1.15. The maximum atomic E-state index is 12.9. The number of carbonyl (C=O) groups is 2. The van der Waals surface area contributed by atoms with Gasteiger partial charge < -0.3 is 10.2 Å². The number of halogens is 1. The van der Waals surface area contributed by atoms with Gasteiger partial charge in [-0.3, -0.25) is 9.59 Å². The lowest BCUT2D eigenvalue weighted by Crippen LogP contribution is -2.42. The summed E-state index contributed by atoms with van der Waals surface area (Å²) in [5.74, 6) is -0.581. The standard InChI is InChI=1S/C16H18FN5O2/c1-11(9-21-8-2-3-15(21)23)18-16(24)14-10-22(20-19-14)13-6-4-12(17)5-7-13/h4-7,10-11H,2-3,8-9H2,1H3,(H,18,24). The van der Waals surface area contributed by atoms with Crippen LogP contribution in [0.25, 0.3) is 5.69 Å². The van der Waals surface area contributed by atoms with Gasteiger partial charge in [-0.1, -0.05) is 5.21 Å². The van der Waals surface area contributed by atoms with Crippen molar-refractivity contribution in [2.45, 2.75) is 25.8 Å². The van der Waals surface area contributed by atoms with Crippen molar-refractivity contribution >= 4 is 11.8 Å². The van der Waals surface area contributed by atoms with Crippen molar-refractivity contribution in [2.75, 3.05) is 13.1 Å². The lowest BCUT2D eigenvalue weighted by atomic mass is 10.3. The van der Waals surface area contributed by atoms with Gasteiger partial charge in [-0.25, -0.2) is 9.07 Å². The molecule has 3 rings (SSSR count). The highest BCUT2D eigenvalue weighted by Crippen LogP contribution is 2.10. The molecule has 1 aromatic carbocycles. The van der Waals surface area contributed by atoms with Crippen molar-refractivity contribution in [1.29, 1.82) is 0 Å². The quantitative estimate of drug-likeness (QED) is 0.891. The van der Waals surface area contributed by atoms with Gasteiger partial charge in [0.15, 0.2) is 5.69 Å². The van der Waals surface area contributed by atoms with Crippen molar-refractivity contribution in [3.8, 4) is 5.69 Å². The van der Waals surface area contributed by atoms with E-state index in [9.17, 15) is 14.0 Å². The minimum Gasteiger partial charge on any atom is -0.346 e. The minimum atomic E-state index is -0.359. The Balaban J connectivity index is 1.61. The molecular weight excluding hydrogens is 313 g/mol. The summed E-state index contributed by atoms with van der Waals surface area (Å²) >= 11 is 0. The smallest absolute Gasteiger partial charge is 0.273 e. The molecule has 24 heavy (non-hydrogen) atoms. The van der Waals surface area contributed by atoms with Crippen LogP contribution in [-0.2, 0) is 4.79 Å². The maximum absolute atomic E-state index is 12.9. The zero-order valence-electron chi connectivity index (χ0n) is 13.3. The molecule has 0 radical (unpaired) electrons. The summed E-state index contributed by atoms with van der Waals surface area (Å²) in [5.41, 5.74) is 0.776. The number of hydrogen-bond donors (Lipinski definition) is 1. The molecule has 0 bridgehead atoms. The molecule has 1 aliphatic rings. The first kappa shape index (κ1) is 16.1. The van der Waals surface area contributed by atoms with E-state index in [1.165, 1.54) is 23.0 Å². The average Bonchev–Trinajstić information content (AvgIpc) is 3.18. The molecule has 1 N–H and O–H groups in total. The predicted molar refractivity (Wildman–Crippen MR) is 84.1 cm³/mol. The Morgan fingerprint density at radius 2 is 2.12 bits per heavy atom. The maximum Gasteiger partial charge on any atom is 0.273 e. The van der Waals surface area contributed by atoms with Gasteiger partial charge in [-0.15, -0.1) is 5.10 Å². The van der Waals surface area contributed by atoms with Crippen LogP contribution in [0, 0.1) is 5.82 Å². The highest BCUT2D eigenvalue weighted by atomic mass is 19.1. The molecule has 2 heterocycles. The Bertz CT molecular complexity index is 743. The number of hydrogen-bond acceptors (Lipinski definition) is 4. The molecule has 2 aromatic rings. The second kappa shape index (κ2) is 6.77. The first-order valence-electron chi connectivity index (χ1n) is 7.80. The monoisotopic (exact) mass is 331 g/mol. The van der Waals surface area contributed by atoms with Gasteiger partial charge in [0.2, 0.25) is 5.91 Å². The number of rotatable bonds is 5. The first-order chi connectivity index (χ1) is 11.5. The molecular formula is C16H18FN5O2. The number of nitrogens with one attached hydrogen (secondary N) is 1. The topological polar surface area (TPSA) is 80.1 Å². The zero-order chi connectivity index (χ0) is 17.1. The Morgan fingerprint density at radius 3 is 2.79 bits per heavy atom. The molecule has 0 spiro atoms. The normalized spacial score (nSPS) is 15.6. The third-order valence-electron chi connectivity index (χ3n) is 3.86. The summed E-state index contributed by atoms with van der Waals surface area (Å²) in [6.07, 6.45) is 2.93. The number of carbonyl (C=O) groups excluding carboxylic acids is 2. The fourth-order valence-electron chi connectivity index (χ4n) is 2.66. The molecule has 126 valence electrons. The van der Waals surface area contributed by atoms with Crippen LogP contribution in [0.5, 0.6) is 0 Å².